The Labute approximate surface area is 173 Å². The molecule has 2 saturated heterocycles. The Hall–Kier alpha value is -3.42. The van der Waals surface area contributed by atoms with Crippen molar-refractivity contribution in [3.63, 3.8) is 0 Å². The minimum absolute atomic E-state index is 0.165. The molecule has 0 saturated carbocycles. The smallest absolute Gasteiger partial charge is 0.327 e. The van der Waals surface area contributed by atoms with Crippen LogP contribution < -0.4 is 0 Å². The summed E-state index contributed by atoms with van der Waals surface area (Å²) in [5, 5.41) is 9.40. The molecule has 1 N–H and O–H groups in total. The van der Waals surface area contributed by atoms with E-state index in [1.165, 1.54) is 24.1 Å². The van der Waals surface area contributed by atoms with Crippen LogP contribution in [0.3, 0.4) is 0 Å². The number of amides is 4. The van der Waals surface area contributed by atoms with Gasteiger partial charge in [-0.15, -0.1) is 0 Å². The molecule has 0 aliphatic carbocycles. The second-order valence-corrected chi connectivity index (χ2v) is 7.77. The van der Waals surface area contributed by atoms with Gasteiger partial charge in [-0.2, -0.15) is 0 Å². The molecule has 156 valence electrons. The molecule has 0 atom stereocenters. The summed E-state index contributed by atoms with van der Waals surface area (Å²) in [7, 11) is 3.10. The van der Waals surface area contributed by atoms with Gasteiger partial charge in [0.2, 0.25) is 0 Å². The fourth-order valence-electron chi connectivity index (χ4n) is 4.32. The van der Waals surface area contributed by atoms with Crippen molar-refractivity contribution in [2.24, 2.45) is 0 Å². The van der Waals surface area contributed by atoms with E-state index >= 15 is 0 Å². The van der Waals surface area contributed by atoms with Crippen LogP contribution in [-0.2, 0) is 4.79 Å². The third kappa shape index (κ3) is 2.99. The second kappa shape index (κ2) is 7.12. The maximum Gasteiger partial charge on any atom is 0.327 e. The van der Waals surface area contributed by atoms with E-state index in [0.717, 1.165) is 11.0 Å². The van der Waals surface area contributed by atoms with Crippen molar-refractivity contribution in [2.45, 2.75) is 18.4 Å². The second-order valence-electron chi connectivity index (χ2n) is 7.77. The van der Waals surface area contributed by atoms with Crippen molar-refractivity contribution in [1.82, 2.24) is 14.7 Å². The van der Waals surface area contributed by atoms with Crippen LogP contribution in [0.15, 0.2) is 42.5 Å². The van der Waals surface area contributed by atoms with E-state index in [1.54, 1.807) is 36.2 Å². The van der Waals surface area contributed by atoms with Crippen molar-refractivity contribution >= 4 is 17.8 Å². The molecule has 7 nitrogen and oxygen atoms in total. The molecule has 1 spiro atoms. The number of imide groups is 1. The predicted octanol–water partition coefficient (Wildman–Crippen LogP) is 2.70. The average molecular weight is 411 g/mol. The van der Waals surface area contributed by atoms with Crippen molar-refractivity contribution in [3.05, 3.63) is 53.8 Å². The quantitative estimate of drug-likeness (QED) is 0.771. The van der Waals surface area contributed by atoms with Crippen LogP contribution in [0.1, 0.15) is 23.2 Å². The molecular weight excluding hydrogens is 389 g/mol. The molecule has 8 heteroatoms. The molecule has 2 fully saturated rings. The number of urea groups is 1. The van der Waals surface area contributed by atoms with Gasteiger partial charge in [0, 0.05) is 44.4 Å². The number of phenolic OH excluding ortho intramolecular Hbond substituents is 1. The summed E-state index contributed by atoms with van der Waals surface area (Å²) in [5.74, 6) is -1.18. The summed E-state index contributed by atoms with van der Waals surface area (Å²) in [5.41, 5.74) is 0.347. The molecule has 2 aliphatic heterocycles. The molecule has 0 aromatic heterocycles. The van der Waals surface area contributed by atoms with Gasteiger partial charge in [-0.1, -0.05) is 12.1 Å². The topological polar surface area (TPSA) is 81.2 Å². The zero-order valence-electron chi connectivity index (χ0n) is 16.8. The molecule has 4 amide bonds. The number of likely N-dealkylation sites (N-methyl/N-ethyl adjacent to an activating group) is 2. The number of carbonyl (C=O) groups is 3. The van der Waals surface area contributed by atoms with E-state index in [1.807, 2.05) is 0 Å². The van der Waals surface area contributed by atoms with Gasteiger partial charge in [-0.3, -0.25) is 14.5 Å². The summed E-state index contributed by atoms with van der Waals surface area (Å²) in [6.07, 6.45) is 0.743. The number of rotatable bonds is 2. The minimum Gasteiger partial charge on any atom is -0.508 e. The largest absolute Gasteiger partial charge is 0.508 e. The molecule has 2 aromatic carbocycles. The minimum atomic E-state index is -0.889. The average Bonchev–Trinajstić information content (AvgIpc) is 2.90. The number of halogens is 1. The Kier molecular flexibility index (Phi) is 4.72. The molecular formula is C22H22FN3O4. The zero-order valence-corrected chi connectivity index (χ0v) is 16.8. The molecule has 2 aromatic rings. The monoisotopic (exact) mass is 411 g/mol. The highest BCUT2D eigenvalue weighted by Gasteiger charge is 2.55. The number of aromatic hydroxyl groups is 1. The summed E-state index contributed by atoms with van der Waals surface area (Å²) < 4.78 is 14.2. The molecule has 2 heterocycles. The Morgan fingerprint density at radius 1 is 1.07 bits per heavy atom. The lowest BCUT2D eigenvalue weighted by Crippen LogP contribution is -2.56. The van der Waals surface area contributed by atoms with Gasteiger partial charge in [-0.25, -0.2) is 9.18 Å². The Bertz CT molecular complexity index is 1050. The van der Waals surface area contributed by atoms with Gasteiger partial charge >= 0.3 is 6.03 Å². The van der Waals surface area contributed by atoms with Gasteiger partial charge < -0.3 is 14.9 Å². The first-order valence-electron chi connectivity index (χ1n) is 9.69. The van der Waals surface area contributed by atoms with Gasteiger partial charge in [0.15, 0.2) is 0 Å². The number of likely N-dealkylation sites (tertiary alicyclic amines) is 1. The Balaban J connectivity index is 1.53. The van der Waals surface area contributed by atoms with Crippen molar-refractivity contribution in [1.29, 1.82) is 0 Å². The molecule has 30 heavy (non-hydrogen) atoms. The molecule has 0 radical (unpaired) electrons. The van der Waals surface area contributed by atoms with Crippen LogP contribution in [0.2, 0.25) is 0 Å². The molecule has 0 unspecified atom stereocenters. The normalized spacial score (nSPS) is 18.4. The maximum absolute atomic E-state index is 14.2. The molecule has 4 rings (SSSR count). The highest BCUT2D eigenvalue weighted by Crippen LogP contribution is 2.36. The van der Waals surface area contributed by atoms with E-state index < -0.39 is 11.4 Å². The van der Waals surface area contributed by atoms with E-state index in [0.29, 0.717) is 42.6 Å². The number of nitrogens with zero attached hydrogens (tertiary/aromatic N) is 3. The highest BCUT2D eigenvalue weighted by molar-refractivity contribution is 6.07. The van der Waals surface area contributed by atoms with E-state index in [4.69, 9.17) is 0 Å². The lowest BCUT2D eigenvalue weighted by atomic mass is 9.86. The maximum atomic E-state index is 14.2. The van der Waals surface area contributed by atoms with Crippen LogP contribution >= 0.6 is 0 Å². The fourth-order valence-corrected chi connectivity index (χ4v) is 4.32. The predicted molar refractivity (Wildman–Crippen MR) is 107 cm³/mol. The third-order valence-electron chi connectivity index (χ3n) is 6.17. The van der Waals surface area contributed by atoms with Crippen LogP contribution in [0.25, 0.3) is 11.1 Å². The van der Waals surface area contributed by atoms with Crippen molar-refractivity contribution in [3.8, 4) is 16.9 Å². The first-order valence-corrected chi connectivity index (χ1v) is 9.69. The lowest BCUT2D eigenvalue weighted by molar-refractivity contribution is -0.134. The fraction of sp³-hybridized carbons (Fsp3) is 0.318. The number of carbonyl (C=O) groups excluding carboxylic acids is 3. The van der Waals surface area contributed by atoms with Crippen molar-refractivity contribution in [2.75, 3.05) is 27.2 Å². The standard InChI is InChI=1S/C22H22FN3O4/c1-24-20(29)22(25(2)21(24)30)8-10-26(11-9-22)19(28)15-5-3-4-14(12-15)17-7-6-16(27)13-18(17)23/h3-7,12-13,27H,8-11H2,1-2H3. The van der Waals surface area contributed by atoms with Crippen LogP contribution in [-0.4, -0.2) is 70.4 Å². The first-order chi connectivity index (χ1) is 14.2. The Morgan fingerprint density at radius 3 is 2.37 bits per heavy atom. The van der Waals surface area contributed by atoms with Crippen LogP contribution in [0.5, 0.6) is 5.75 Å². The van der Waals surface area contributed by atoms with Crippen molar-refractivity contribution < 1.29 is 23.9 Å². The SMILES string of the molecule is CN1C(=O)N(C)C2(CCN(C(=O)c3cccc(-c4ccc(O)cc4F)c3)CC2)C1=O. The van der Waals surface area contributed by atoms with Crippen LogP contribution in [0, 0.1) is 5.82 Å². The summed E-state index contributed by atoms with van der Waals surface area (Å²) >= 11 is 0. The summed E-state index contributed by atoms with van der Waals surface area (Å²) in [6.45, 7) is 0.682. The zero-order chi connectivity index (χ0) is 21.6. The summed E-state index contributed by atoms with van der Waals surface area (Å²) in [4.78, 5) is 42.1. The van der Waals surface area contributed by atoms with E-state index in [-0.39, 0.29) is 23.6 Å². The van der Waals surface area contributed by atoms with Gasteiger partial charge in [0.25, 0.3) is 11.8 Å². The lowest BCUT2D eigenvalue weighted by Gasteiger charge is -2.40. The van der Waals surface area contributed by atoms with Gasteiger partial charge in [-0.05, 0) is 42.7 Å². The van der Waals surface area contributed by atoms with Gasteiger partial charge in [0.1, 0.15) is 17.1 Å². The number of piperidine rings is 1. The number of hydrogen-bond acceptors (Lipinski definition) is 4. The highest BCUT2D eigenvalue weighted by atomic mass is 19.1. The van der Waals surface area contributed by atoms with E-state index in [9.17, 15) is 23.9 Å². The first kappa shape index (κ1) is 19.9. The third-order valence-corrected chi connectivity index (χ3v) is 6.17. The van der Waals surface area contributed by atoms with Crippen LogP contribution in [0.4, 0.5) is 9.18 Å². The number of hydrogen-bond donors (Lipinski definition) is 1. The van der Waals surface area contributed by atoms with E-state index in [2.05, 4.69) is 0 Å². The Morgan fingerprint density at radius 2 is 1.77 bits per heavy atom. The number of benzene rings is 2. The summed E-state index contributed by atoms with van der Waals surface area (Å²) in [6, 6.07) is 10.2. The molecule has 0 bridgehead atoms. The number of phenols is 1. The molecule has 2 aliphatic rings. The van der Waals surface area contributed by atoms with Gasteiger partial charge in [0.05, 0.1) is 0 Å².